The van der Waals surface area contributed by atoms with Crippen LogP contribution in [0.3, 0.4) is 0 Å². The highest BCUT2D eigenvalue weighted by Crippen LogP contribution is 2.32. The molecule has 1 heterocycles. The molecule has 20 heavy (non-hydrogen) atoms. The molecule has 0 amide bonds. The summed E-state index contributed by atoms with van der Waals surface area (Å²) < 4.78 is 32.8. The number of hydrogen-bond acceptors (Lipinski definition) is 3. The maximum atomic E-state index is 13.7. The maximum Gasteiger partial charge on any atom is 0.198 e. The van der Waals surface area contributed by atoms with Crippen molar-refractivity contribution in [3.63, 3.8) is 0 Å². The van der Waals surface area contributed by atoms with Crippen LogP contribution in [0.1, 0.15) is 0 Å². The van der Waals surface area contributed by atoms with Crippen molar-refractivity contribution in [3.8, 4) is 11.5 Å². The lowest BCUT2D eigenvalue weighted by atomic mass is 10.2. The Morgan fingerprint density at radius 2 is 1.70 bits per heavy atom. The minimum absolute atomic E-state index is 0.00642. The number of nitrogens with two attached hydrogens (primary N) is 1. The number of rotatable bonds is 2. The number of aromatic nitrogens is 1. The molecule has 2 N–H and O–H groups in total. The Morgan fingerprint density at radius 1 is 1.00 bits per heavy atom. The van der Waals surface area contributed by atoms with Crippen LogP contribution in [0.5, 0.6) is 11.5 Å². The molecule has 0 aliphatic carbocycles. The van der Waals surface area contributed by atoms with Gasteiger partial charge in [0.15, 0.2) is 17.4 Å². The Bertz CT molecular complexity index is 761. The largest absolute Gasteiger partial charge is 0.450 e. The van der Waals surface area contributed by atoms with Gasteiger partial charge in [0.05, 0.1) is 5.52 Å². The van der Waals surface area contributed by atoms with Gasteiger partial charge >= 0.3 is 0 Å². The van der Waals surface area contributed by atoms with E-state index in [9.17, 15) is 8.78 Å². The summed E-state index contributed by atoms with van der Waals surface area (Å²) in [6.07, 6.45) is 1.52. The number of anilines is 1. The van der Waals surface area contributed by atoms with E-state index >= 15 is 0 Å². The molecule has 1 aromatic heterocycles. The van der Waals surface area contributed by atoms with Crippen molar-refractivity contribution >= 4 is 16.6 Å². The molecule has 100 valence electrons. The third-order valence-corrected chi connectivity index (χ3v) is 2.84. The molecule has 5 heteroatoms. The molecule has 0 aliphatic rings. The van der Waals surface area contributed by atoms with Crippen LogP contribution < -0.4 is 10.5 Å². The Kier molecular flexibility index (Phi) is 2.95. The van der Waals surface area contributed by atoms with Gasteiger partial charge in [-0.05, 0) is 18.2 Å². The Balaban J connectivity index is 2.10. The first-order valence-corrected chi connectivity index (χ1v) is 5.91. The highest BCUT2D eigenvalue weighted by Gasteiger charge is 2.14. The zero-order chi connectivity index (χ0) is 14.1. The second kappa shape index (κ2) is 4.77. The van der Waals surface area contributed by atoms with Gasteiger partial charge < -0.3 is 10.5 Å². The molecule has 0 saturated carbocycles. The van der Waals surface area contributed by atoms with E-state index in [2.05, 4.69) is 4.98 Å². The molecule has 0 spiro atoms. The van der Waals surface area contributed by atoms with Crippen LogP contribution in [-0.2, 0) is 0 Å². The smallest absolute Gasteiger partial charge is 0.198 e. The molecular formula is C15H10F2N2O. The fraction of sp³-hybridized carbons (Fsp3) is 0. The predicted octanol–water partition coefficient (Wildman–Crippen LogP) is 3.89. The maximum absolute atomic E-state index is 13.7. The number of nitrogen functional groups attached to an aromatic ring is 1. The zero-order valence-corrected chi connectivity index (χ0v) is 10.3. The lowest BCUT2D eigenvalue weighted by Crippen LogP contribution is -1.96. The number of para-hydroxylation sites is 1. The summed E-state index contributed by atoms with van der Waals surface area (Å²) in [7, 11) is 0. The fourth-order valence-electron chi connectivity index (χ4n) is 1.95. The Labute approximate surface area is 113 Å². The molecule has 0 radical (unpaired) electrons. The number of benzene rings is 2. The molecule has 3 rings (SSSR count). The fourth-order valence-corrected chi connectivity index (χ4v) is 1.95. The topological polar surface area (TPSA) is 48.1 Å². The first-order valence-electron chi connectivity index (χ1n) is 5.91. The molecule has 0 saturated heterocycles. The van der Waals surface area contributed by atoms with E-state index in [0.29, 0.717) is 16.7 Å². The molecule has 3 aromatic rings. The van der Waals surface area contributed by atoms with E-state index in [1.54, 1.807) is 24.3 Å². The SMILES string of the molecule is Nc1cc(F)c(Oc2ccnc3ccccc23)c(F)c1. The molecule has 0 aliphatic heterocycles. The van der Waals surface area contributed by atoms with E-state index in [-0.39, 0.29) is 5.69 Å². The van der Waals surface area contributed by atoms with Gasteiger partial charge in [-0.25, -0.2) is 8.78 Å². The summed E-state index contributed by atoms with van der Waals surface area (Å²) >= 11 is 0. The molecule has 3 nitrogen and oxygen atoms in total. The van der Waals surface area contributed by atoms with E-state index in [1.165, 1.54) is 6.20 Å². The van der Waals surface area contributed by atoms with E-state index in [4.69, 9.17) is 10.5 Å². The third-order valence-electron chi connectivity index (χ3n) is 2.84. The molecule has 0 bridgehead atoms. The summed E-state index contributed by atoms with van der Waals surface area (Å²) in [5.41, 5.74) is 6.05. The minimum Gasteiger partial charge on any atom is -0.450 e. The van der Waals surface area contributed by atoms with Crippen LogP contribution >= 0.6 is 0 Å². The van der Waals surface area contributed by atoms with Crippen LogP contribution in [-0.4, -0.2) is 4.98 Å². The van der Waals surface area contributed by atoms with E-state index < -0.39 is 17.4 Å². The quantitative estimate of drug-likeness (QED) is 0.720. The molecule has 0 atom stereocenters. The Morgan fingerprint density at radius 3 is 2.45 bits per heavy atom. The standard InChI is InChI=1S/C15H10F2N2O/c16-11-7-9(18)8-12(17)15(11)20-14-5-6-19-13-4-2-1-3-10(13)14/h1-8H,18H2. The predicted molar refractivity (Wildman–Crippen MR) is 72.6 cm³/mol. The normalized spacial score (nSPS) is 10.7. The summed E-state index contributed by atoms with van der Waals surface area (Å²) in [5, 5.41) is 0.672. The summed E-state index contributed by atoms with van der Waals surface area (Å²) in [6.45, 7) is 0. The van der Waals surface area contributed by atoms with Gasteiger partial charge in [0.2, 0.25) is 0 Å². The van der Waals surface area contributed by atoms with Crippen LogP contribution in [0.25, 0.3) is 10.9 Å². The second-order valence-electron chi connectivity index (χ2n) is 4.24. The summed E-state index contributed by atoms with van der Waals surface area (Å²) in [5.74, 6) is -1.83. The monoisotopic (exact) mass is 272 g/mol. The van der Waals surface area contributed by atoms with Crippen LogP contribution in [0.2, 0.25) is 0 Å². The zero-order valence-electron chi connectivity index (χ0n) is 10.3. The number of pyridine rings is 1. The van der Waals surface area contributed by atoms with Crippen molar-refractivity contribution < 1.29 is 13.5 Å². The van der Waals surface area contributed by atoms with Crippen LogP contribution in [0.4, 0.5) is 14.5 Å². The van der Waals surface area contributed by atoms with Crippen molar-refractivity contribution in [2.24, 2.45) is 0 Å². The highest BCUT2D eigenvalue weighted by molar-refractivity contribution is 5.84. The van der Waals surface area contributed by atoms with Crippen molar-refractivity contribution in [2.75, 3.05) is 5.73 Å². The van der Waals surface area contributed by atoms with Gasteiger partial charge in [-0.2, -0.15) is 0 Å². The number of halogens is 2. The molecule has 0 unspecified atom stereocenters. The van der Waals surface area contributed by atoms with Gasteiger partial charge in [-0.15, -0.1) is 0 Å². The van der Waals surface area contributed by atoms with Gasteiger partial charge in [-0.1, -0.05) is 12.1 Å². The molecule has 2 aromatic carbocycles. The lowest BCUT2D eigenvalue weighted by Gasteiger charge is -2.10. The van der Waals surface area contributed by atoms with E-state index in [0.717, 1.165) is 12.1 Å². The van der Waals surface area contributed by atoms with Crippen molar-refractivity contribution in [3.05, 3.63) is 60.3 Å². The van der Waals surface area contributed by atoms with Crippen LogP contribution in [0, 0.1) is 11.6 Å². The minimum atomic E-state index is -0.844. The first kappa shape index (κ1) is 12.3. The first-order chi connectivity index (χ1) is 9.65. The molecular weight excluding hydrogens is 262 g/mol. The Hall–Kier alpha value is -2.69. The average molecular weight is 272 g/mol. The van der Waals surface area contributed by atoms with E-state index in [1.807, 2.05) is 6.07 Å². The second-order valence-corrected chi connectivity index (χ2v) is 4.24. The number of nitrogens with zero attached hydrogens (tertiary/aromatic N) is 1. The van der Waals surface area contributed by atoms with Gasteiger partial charge in [0.1, 0.15) is 5.75 Å². The summed E-state index contributed by atoms with van der Waals surface area (Å²) in [4.78, 5) is 4.15. The average Bonchev–Trinajstić information content (AvgIpc) is 2.43. The van der Waals surface area contributed by atoms with Gasteiger partial charge in [-0.3, -0.25) is 4.98 Å². The number of hydrogen-bond donors (Lipinski definition) is 1. The number of fused-ring (bicyclic) bond motifs is 1. The van der Waals surface area contributed by atoms with Crippen LogP contribution in [0.15, 0.2) is 48.7 Å². The van der Waals surface area contributed by atoms with Gasteiger partial charge in [0.25, 0.3) is 0 Å². The lowest BCUT2D eigenvalue weighted by molar-refractivity contribution is 0.411. The van der Waals surface area contributed by atoms with Crippen molar-refractivity contribution in [1.29, 1.82) is 0 Å². The third kappa shape index (κ3) is 2.14. The number of ether oxygens (including phenoxy) is 1. The molecule has 0 fully saturated rings. The summed E-state index contributed by atoms with van der Waals surface area (Å²) in [6, 6.07) is 10.8. The van der Waals surface area contributed by atoms with Crippen molar-refractivity contribution in [2.45, 2.75) is 0 Å². The van der Waals surface area contributed by atoms with Crippen molar-refractivity contribution in [1.82, 2.24) is 4.98 Å². The highest BCUT2D eigenvalue weighted by atomic mass is 19.1. The van der Waals surface area contributed by atoms with Gasteiger partial charge in [0, 0.05) is 29.4 Å².